The van der Waals surface area contributed by atoms with Crippen molar-refractivity contribution in [2.45, 2.75) is 13.3 Å². The number of rotatable bonds is 6. The number of Topliss-reactive ketones (excluding diaryl/α,β-unsaturated/α-hetero) is 1. The molecule has 0 saturated carbocycles. The Hall–Kier alpha value is -2.27. The summed E-state index contributed by atoms with van der Waals surface area (Å²) in [5, 5.41) is 16.0. The van der Waals surface area contributed by atoms with Gasteiger partial charge in [0.25, 0.3) is 0 Å². The maximum absolute atomic E-state index is 11.8. The number of benzene rings is 1. The van der Waals surface area contributed by atoms with E-state index in [1.165, 1.54) is 11.6 Å². The number of allylic oxidation sites excluding steroid dienone is 1. The molecule has 5 heteroatoms. The second-order valence-corrected chi connectivity index (χ2v) is 4.16. The van der Waals surface area contributed by atoms with Crippen LogP contribution in [0.4, 0.5) is 0 Å². The minimum atomic E-state index is -0.639. The van der Waals surface area contributed by atoms with Crippen molar-refractivity contribution >= 4 is 23.5 Å². The quantitative estimate of drug-likeness (QED) is 0.414. The summed E-state index contributed by atoms with van der Waals surface area (Å²) in [5.41, 5.74) is 2.19. The van der Waals surface area contributed by atoms with E-state index in [9.17, 15) is 9.59 Å². The van der Waals surface area contributed by atoms with E-state index < -0.39 is 17.6 Å². The van der Waals surface area contributed by atoms with Gasteiger partial charge in [0.05, 0.1) is 5.71 Å². The lowest BCUT2D eigenvalue weighted by Crippen LogP contribution is -2.27. The maximum Gasteiger partial charge on any atom is 0.244 e. The molecule has 0 radical (unpaired) electrons. The third-order valence-corrected chi connectivity index (χ3v) is 2.57. The highest BCUT2D eigenvalue weighted by molar-refractivity contribution is 6.44. The summed E-state index contributed by atoms with van der Waals surface area (Å²) in [6, 6.07) is 9.32. The minimum absolute atomic E-state index is 0.142. The van der Waals surface area contributed by atoms with Crippen molar-refractivity contribution in [2.75, 3.05) is 0 Å². The lowest BCUT2D eigenvalue weighted by molar-refractivity contribution is -0.132. The van der Waals surface area contributed by atoms with Crippen LogP contribution < -0.4 is 5.48 Å². The Kier molecular flexibility index (Phi) is 5.63. The highest BCUT2D eigenvalue weighted by atomic mass is 16.5. The van der Waals surface area contributed by atoms with Crippen LogP contribution in [-0.2, 0) is 9.59 Å². The molecule has 0 aliphatic heterocycles. The minimum Gasteiger partial charge on any atom is -0.297 e. The van der Waals surface area contributed by atoms with Crippen molar-refractivity contribution in [2.24, 2.45) is 5.92 Å². The van der Waals surface area contributed by atoms with Gasteiger partial charge >= 0.3 is 0 Å². The molecule has 1 atom stereocenters. The molecule has 0 aliphatic carbocycles. The Morgan fingerprint density at radius 2 is 2.00 bits per heavy atom. The highest BCUT2D eigenvalue weighted by Gasteiger charge is 2.19. The van der Waals surface area contributed by atoms with E-state index >= 15 is 0 Å². The largest absolute Gasteiger partial charge is 0.297 e. The van der Waals surface area contributed by atoms with Crippen LogP contribution in [0.25, 0.3) is 6.08 Å². The molecule has 19 heavy (non-hydrogen) atoms. The van der Waals surface area contributed by atoms with Gasteiger partial charge in [-0.3, -0.25) is 20.2 Å². The summed E-state index contributed by atoms with van der Waals surface area (Å²) in [4.78, 5) is 22.7. The molecule has 0 heterocycles. The molecule has 3 N–H and O–H groups in total. The zero-order chi connectivity index (χ0) is 14.3. The Morgan fingerprint density at radius 1 is 1.37 bits per heavy atom. The molecule has 0 aromatic heterocycles. The first-order chi connectivity index (χ1) is 9.04. The number of hydrogen-bond acceptors (Lipinski definition) is 4. The molecule has 0 saturated heterocycles. The number of nitrogens with one attached hydrogen (secondary N) is 2. The van der Waals surface area contributed by atoms with E-state index in [0.717, 1.165) is 5.56 Å². The fraction of sp³-hybridized carbons (Fsp3) is 0.214. The molecule has 1 rings (SSSR count). The molecule has 0 aliphatic rings. The summed E-state index contributed by atoms with van der Waals surface area (Å²) in [7, 11) is 0. The fourth-order valence-corrected chi connectivity index (χ4v) is 1.51. The molecule has 100 valence electrons. The number of ketones is 1. The molecule has 5 nitrogen and oxygen atoms in total. The van der Waals surface area contributed by atoms with E-state index in [1.807, 2.05) is 30.3 Å². The average molecular weight is 260 g/mol. The summed E-state index contributed by atoms with van der Waals surface area (Å²) in [6.07, 6.45) is 2.93. The first-order valence-corrected chi connectivity index (χ1v) is 5.83. The van der Waals surface area contributed by atoms with Crippen LogP contribution in [0.2, 0.25) is 0 Å². The van der Waals surface area contributed by atoms with Gasteiger partial charge in [0, 0.05) is 12.3 Å². The van der Waals surface area contributed by atoms with Gasteiger partial charge in [-0.1, -0.05) is 43.3 Å². The van der Waals surface area contributed by atoms with Gasteiger partial charge in [-0.15, -0.1) is 0 Å². The van der Waals surface area contributed by atoms with Crippen LogP contribution in [0.15, 0.2) is 36.4 Å². The van der Waals surface area contributed by atoms with Crippen LogP contribution in [0.5, 0.6) is 0 Å². The Labute approximate surface area is 111 Å². The maximum atomic E-state index is 11.8. The zero-order valence-electron chi connectivity index (χ0n) is 10.6. The molecular formula is C14H16N2O3. The van der Waals surface area contributed by atoms with Crippen LogP contribution in [0, 0.1) is 11.3 Å². The van der Waals surface area contributed by atoms with Gasteiger partial charge in [-0.2, -0.15) is 0 Å². The third kappa shape index (κ3) is 4.85. The monoisotopic (exact) mass is 260 g/mol. The van der Waals surface area contributed by atoms with Crippen LogP contribution >= 0.6 is 0 Å². The third-order valence-electron chi connectivity index (χ3n) is 2.57. The van der Waals surface area contributed by atoms with Crippen molar-refractivity contribution in [3.05, 3.63) is 42.0 Å². The van der Waals surface area contributed by atoms with Crippen molar-refractivity contribution in [1.82, 2.24) is 5.48 Å². The van der Waals surface area contributed by atoms with E-state index in [-0.39, 0.29) is 12.1 Å². The predicted octanol–water partition coefficient (Wildman–Crippen LogP) is 1.82. The summed E-state index contributed by atoms with van der Waals surface area (Å²) in [6.45, 7) is 1.54. The molecule has 0 fully saturated rings. The average Bonchev–Trinajstić information content (AvgIpc) is 2.44. The van der Waals surface area contributed by atoms with Crippen molar-refractivity contribution in [1.29, 1.82) is 5.41 Å². The number of carbonyl (C=O) groups is 2. The normalized spacial score (nSPS) is 12.1. The fourth-order valence-electron chi connectivity index (χ4n) is 1.51. The first kappa shape index (κ1) is 14.8. The second-order valence-electron chi connectivity index (χ2n) is 4.16. The van der Waals surface area contributed by atoms with Crippen LogP contribution in [-0.4, -0.2) is 22.6 Å². The molecule has 0 bridgehead atoms. The van der Waals surface area contributed by atoms with Gasteiger partial charge in [0.1, 0.15) is 0 Å². The van der Waals surface area contributed by atoms with Crippen molar-refractivity contribution < 1.29 is 14.8 Å². The lowest BCUT2D eigenvalue weighted by Gasteiger charge is -2.07. The smallest absolute Gasteiger partial charge is 0.244 e. The molecule has 1 unspecified atom stereocenters. The van der Waals surface area contributed by atoms with E-state index in [0.29, 0.717) is 0 Å². The Morgan fingerprint density at radius 3 is 2.58 bits per heavy atom. The predicted molar refractivity (Wildman–Crippen MR) is 71.9 cm³/mol. The van der Waals surface area contributed by atoms with Crippen molar-refractivity contribution in [3.8, 4) is 0 Å². The molecular weight excluding hydrogens is 244 g/mol. The van der Waals surface area contributed by atoms with Gasteiger partial charge in [0.2, 0.25) is 5.91 Å². The SMILES string of the molecule is CC(CC(=O)NO)C(=O)C(=N)C=Cc1ccccc1. The second kappa shape index (κ2) is 7.23. The molecule has 1 amide bonds. The first-order valence-electron chi connectivity index (χ1n) is 5.83. The molecule has 0 spiro atoms. The van der Waals surface area contributed by atoms with Gasteiger partial charge in [-0.05, 0) is 11.6 Å². The van der Waals surface area contributed by atoms with Crippen molar-refractivity contribution in [3.63, 3.8) is 0 Å². The van der Waals surface area contributed by atoms with E-state index in [1.54, 1.807) is 13.0 Å². The van der Waals surface area contributed by atoms with Gasteiger partial charge < -0.3 is 0 Å². The van der Waals surface area contributed by atoms with Gasteiger partial charge in [-0.25, -0.2) is 5.48 Å². The van der Waals surface area contributed by atoms with Crippen LogP contribution in [0.3, 0.4) is 0 Å². The van der Waals surface area contributed by atoms with E-state index in [2.05, 4.69) is 0 Å². The molecule has 1 aromatic rings. The van der Waals surface area contributed by atoms with Crippen LogP contribution in [0.1, 0.15) is 18.9 Å². The standard InChI is InChI=1S/C14H16N2O3/c1-10(9-13(17)16-19)14(18)12(15)8-7-11-5-3-2-4-6-11/h2-8,10,15,19H,9H2,1H3,(H,16,17). The van der Waals surface area contributed by atoms with E-state index in [4.69, 9.17) is 10.6 Å². The number of hydrogen-bond donors (Lipinski definition) is 3. The summed E-state index contributed by atoms with van der Waals surface area (Å²) in [5.74, 6) is -1.71. The topological polar surface area (TPSA) is 90.2 Å². The Balaban J connectivity index is 2.60. The number of amides is 1. The lowest BCUT2D eigenvalue weighted by atomic mass is 9.98. The zero-order valence-corrected chi connectivity index (χ0v) is 10.6. The van der Waals surface area contributed by atoms with Gasteiger partial charge in [0.15, 0.2) is 5.78 Å². The highest BCUT2D eigenvalue weighted by Crippen LogP contribution is 2.07. The molecule has 1 aromatic carbocycles. The summed E-state index contributed by atoms with van der Waals surface area (Å²) >= 11 is 0. The summed E-state index contributed by atoms with van der Waals surface area (Å²) < 4.78 is 0. The number of hydroxylamine groups is 1. The number of carbonyl (C=O) groups excluding carboxylic acids is 2. The Bertz CT molecular complexity index is 495.